The SMILES string of the molecule is Cn1c(=O)c2c(ncn2CC(=O)NCCCN2CCOCC2)n(C)c1=O. The predicted octanol–water partition coefficient (Wildman–Crippen LogP) is -1.73. The third kappa shape index (κ3) is 3.70. The zero-order chi connectivity index (χ0) is 18.7. The van der Waals surface area contributed by atoms with Gasteiger partial charge in [-0.2, -0.15) is 0 Å². The van der Waals surface area contributed by atoms with Gasteiger partial charge in [-0.25, -0.2) is 9.78 Å². The van der Waals surface area contributed by atoms with E-state index in [9.17, 15) is 14.4 Å². The molecule has 10 nitrogen and oxygen atoms in total. The molecule has 10 heteroatoms. The molecule has 1 fully saturated rings. The van der Waals surface area contributed by atoms with Crippen LogP contribution in [0.4, 0.5) is 0 Å². The highest BCUT2D eigenvalue weighted by molar-refractivity contribution is 5.78. The molecule has 26 heavy (non-hydrogen) atoms. The smallest absolute Gasteiger partial charge is 0.332 e. The van der Waals surface area contributed by atoms with Crippen LogP contribution in [-0.4, -0.2) is 68.9 Å². The maximum atomic E-state index is 12.3. The van der Waals surface area contributed by atoms with E-state index in [1.165, 1.54) is 22.5 Å². The molecule has 0 saturated carbocycles. The number of aryl methyl sites for hydroxylation is 1. The fraction of sp³-hybridized carbons (Fsp3) is 0.625. The molecule has 2 aromatic rings. The van der Waals surface area contributed by atoms with E-state index in [1.54, 1.807) is 7.05 Å². The average Bonchev–Trinajstić information content (AvgIpc) is 3.06. The molecule has 0 unspecified atom stereocenters. The summed E-state index contributed by atoms with van der Waals surface area (Å²) < 4.78 is 9.10. The van der Waals surface area contributed by atoms with Gasteiger partial charge < -0.3 is 14.6 Å². The van der Waals surface area contributed by atoms with Gasteiger partial charge >= 0.3 is 5.69 Å². The first-order chi connectivity index (χ1) is 12.5. The number of amides is 1. The fourth-order valence-electron chi connectivity index (χ4n) is 3.08. The molecular weight excluding hydrogens is 340 g/mol. The van der Waals surface area contributed by atoms with E-state index in [2.05, 4.69) is 15.2 Å². The van der Waals surface area contributed by atoms with E-state index in [4.69, 9.17) is 4.74 Å². The van der Waals surface area contributed by atoms with Crippen LogP contribution in [0.3, 0.4) is 0 Å². The Morgan fingerprint density at radius 2 is 1.96 bits per heavy atom. The van der Waals surface area contributed by atoms with Gasteiger partial charge in [-0.15, -0.1) is 0 Å². The molecule has 2 aromatic heterocycles. The van der Waals surface area contributed by atoms with E-state index >= 15 is 0 Å². The number of hydrogen-bond donors (Lipinski definition) is 1. The summed E-state index contributed by atoms with van der Waals surface area (Å²) in [6, 6.07) is 0. The van der Waals surface area contributed by atoms with Crippen molar-refractivity contribution in [2.24, 2.45) is 14.1 Å². The standard InChI is InChI=1S/C16H24N6O4/c1-19-14-13(15(24)20(2)16(19)25)22(11-18-14)10-12(23)17-4-3-5-21-6-8-26-9-7-21/h11H,3-10H2,1-2H3,(H,17,23). The number of carbonyl (C=O) groups is 1. The second kappa shape index (κ2) is 7.83. The van der Waals surface area contributed by atoms with Gasteiger partial charge in [0, 0.05) is 33.7 Å². The summed E-state index contributed by atoms with van der Waals surface area (Å²) >= 11 is 0. The van der Waals surface area contributed by atoms with Crippen molar-refractivity contribution in [3.63, 3.8) is 0 Å². The monoisotopic (exact) mass is 364 g/mol. The first-order valence-corrected chi connectivity index (χ1v) is 8.66. The molecule has 0 spiro atoms. The minimum Gasteiger partial charge on any atom is -0.379 e. The summed E-state index contributed by atoms with van der Waals surface area (Å²) in [5.41, 5.74) is -0.377. The Morgan fingerprint density at radius 1 is 1.23 bits per heavy atom. The number of morpholine rings is 1. The molecule has 0 aromatic carbocycles. The Morgan fingerprint density at radius 3 is 2.69 bits per heavy atom. The van der Waals surface area contributed by atoms with Crippen LogP contribution in [0.15, 0.2) is 15.9 Å². The van der Waals surface area contributed by atoms with Crippen molar-refractivity contribution in [2.45, 2.75) is 13.0 Å². The van der Waals surface area contributed by atoms with Gasteiger partial charge in [0.1, 0.15) is 6.54 Å². The molecule has 3 rings (SSSR count). The number of imidazole rings is 1. The van der Waals surface area contributed by atoms with Crippen LogP contribution in [0, 0.1) is 0 Å². The minimum atomic E-state index is -0.458. The molecule has 0 bridgehead atoms. The number of carbonyl (C=O) groups excluding carboxylic acids is 1. The Bertz CT molecular complexity index is 906. The number of aromatic nitrogens is 4. The van der Waals surface area contributed by atoms with Crippen molar-refractivity contribution in [1.82, 2.24) is 28.9 Å². The first-order valence-electron chi connectivity index (χ1n) is 8.66. The number of ether oxygens (including phenoxy) is 1. The van der Waals surface area contributed by atoms with Crippen molar-refractivity contribution < 1.29 is 9.53 Å². The predicted molar refractivity (Wildman–Crippen MR) is 95.1 cm³/mol. The molecule has 142 valence electrons. The topological polar surface area (TPSA) is 103 Å². The third-order valence-electron chi connectivity index (χ3n) is 4.61. The van der Waals surface area contributed by atoms with Crippen molar-refractivity contribution in [1.29, 1.82) is 0 Å². The summed E-state index contributed by atoms with van der Waals surface area (Å²) in [6.07, 6.45) is 2.27. The van der Waals surface area contributed by atoms with Crippen LogP contribution in [0.5, 0.6) is 0 Å². The lowest BCUT2D eigenvalue weighted by molar-refractivity contribution is -0.121. The van der Waals surface area contributed by atoms with E-state index in [0.29, 0.717) is 6.54 Å². The van der Waals surface area contributed by atoms with Crippen molar-refractivity contribution >= 4 is 17.1 Å². The Balaban J connectivity index is 1.59. The van der Waals surface area contributed by atoms with E-state index in [-0.39, 0.29) is 23.6 Å². The molecule has 1 saturated heterocycles. The van der Waals surface area contributed by atoms with Crippen molar-refractivity contribution in [2.75, 3.05) is 39.4 Å². The average molecular weight is 364 g/mol. The number of nitrogens with zero attached hydrogens (tertiary/aromatic N) is 5. The normalized spacial score (nSPS) is 15.5. The highest BCUT2D eigenvalue weighted by Gasteiger charge is 2.16. The maximum Gasteiger partial charge on any atom is 0.332 e. The number of rotatable bonds is 6. The van der Waals surface area contributed by atoms with Gasteiger partial charge in [-0.3, -0.25) is 23.6 Å². The summed E-state index contributed by atoms with van der Waals surface area (Å²) in [5.74, 6) is -0.192. The van der Waals surface area contributed by atoms with Gasteiger partial charge in [0.25, 0.3) is 5.56 Å². The van der Waals surface area contributed by atoms with Crippen LogP contribution >= 0.6 is 0 Å². The van der Waals surface area contributed by atoms with Gasteiger partial charge in [0.2, 0.25) is 5.91 Å². The van der Waals surface area contributed by atoms with Crippen LogP contribution in [-0.2, 0) is 30.2 Å². The number of nitrogens with one attached hydrogen (secondary N) is 1. The van der Waals surface area contributed by atoms with Crippen molar-refractivity contribution in [3.8, 4) is 0 Å². The van der Waals surface area contributed by atoms with Crippen LogP contribution in [0.25, 0.3) is 11.2 Å². The Kier molecular flexibility index (Phi) is 5.52. The van der Waals surface area contributed by atoms with Crippen LogP contribution in [0.2, 0.25) is 0 Å². The third-order valence-corrected chi connectivity index (χ3v) is 4.61. The molecule has 3 heterocycles. The van der Waals surface area contributed by atoms with Crippen molar-refractivity contribution in [3.05, 3.63) is 27.2 Å². The van der Waals surface area contributed by atoms with Gasteiger partial charge in [-0.05, 0) is 13.0 Å². The molecule has 0 aliphatic carbocycles. The first kappa shape index (κ1) is 18.3. The lowest BCUT2D eigenvalue weighted by Gasteiger charge is -2.26. The molecule has 0 atom stereocenters. The Hall–Kier alpha value is -2.46. The lowest BCUT2D eigenvalue weighted by Crippen LogP contribution is -2.39. The van der Waals surface area contributed by atoms with Gasteiger partial charge in [-0.1, -0.05) is 0 Å². The number of hydrogen-bond acceptors (Lipinski definition) is 6. The molecule has 0 radical (unpaired) electrons. The zero-order valence-electron chi connectivity index (χ0n) is 15.1. The second-order valence-corrected chi connectivity index (χ2v) is 6.41. The number of fused-ring (bicyclic) bond motifs is 1. The highest BCUT2D eigenvalue weighted by atomic mass is 16.5. The fourth-order valence-corrected chi connectivity index (χ4v) is 3.08. The highest BCUT2D eigenvalue weighted by Crippen LogP contribution is 2.05. The van der Waals surface area contributed by atoms with E-state index in [0.717, 1.165) is 43.8 Å². The lowest BCUT2D eigenvalue weighted by atomic mass is 10.3. The van der Waals surface area contributed by atoms with E-state index in [1.807, 2.05) is 0 Å². The summed E-state index contributed by atoms with van der Waals surface area (Å²) in [5, 5.41) is 2.86. The quantitative estimate of drug-likeness (QED) is 0.611. The molecule has 1 aliphatic heterocycles. The maximum absolute atomic E-state index is 12.3. The minimum absolute atomic E-state index is 0.0124. The largest absolute Gasteiger partial charge is 0.379 e. The van der Waals surface area contributed by atoms with Gasteiger partial charge in [0.15, 0.2) is 11.2 Å². The zero-order valence-corrected chi connectivity index (χ0v) is 15.1. The summed E-state index contributed by atoms with van der Waals surface area (Å²) in [4.78, 5) is 42.9. The van der Waals surface area contributed by atoms with Crippen LogP contribution < -0.4 is 16.6 Å². The second-order valence-electron chi connectivity index (χ2n) is 6.41. The summed E-state index contributed by atoms with van der Waals surface area (Å²) in [7, 11) is 2.96. The molecule has 1 N–H and O–H groups in total. The molecule has 1 aliphatic rings. The Labute approximate surface area is 150 Å². The van der Waals surface area contributed by atoms with E-state index < -0.39 is 11.2 Å². The summed E-state index contributed by atoms with van der Waals surface area (Å²) in [6.45, 7) is 4.85. The van der Waals surface area contributed by atoms with Crippen LogP contribution in [0.1, 0.15) is 6.42 Å². The molecular formula is C16H24N6O4. The molecule has 1 amide bonds. The van der Waals surface area contributed by atoms with Gasteiger partial charge in [0.05, 0.1) is 19.5 Å².